The van der Waals surface area contributed by atoms with E-state index in [1.54, 1.807) is 12.1 Å². The van der Waals surface area contributed by atoms with Crippen LogP contribution in [0.5, 0.6) is 0 Å². The molecule has 0 aliphatic carbocycles. The van der Waals surface area contributed by atoms with Crippen LogP contribution < -0.4 is 5.32 Å². The molecule has 0 heterocycles. The maximum Gasteiger partial charge on any atom is 0.416 e. The number of carbonyl (C=O) groups excluding carboxylic acids is 1. The summed E-state index contributed by atoms with van der Waals surface area (Å²) in [6.45, 7) is 0. The van der Waals surface area contributed by atoms with Crippen molar-refractivity contribution in [2.45, 2.75) is 25.1 Å². The average Bonchev–Trinajstić information content (AvgIpc) is 2.74. The zero-order valence-corrected chi connectivity index (χ0v) is 16.4. The number of alkyl halides is 3. The Morgan fingerprint density at radius 3 is 1.90 bits per heavy atom. The van der Waals surface area contributed by atoms with Crippen molar-refractivity contribution in [2.75, 3.05) is 0 Å². The smallest absolute Gasteiger partial charge is 0.416 e. The van der Waals surface area contributed by atoms with E-state index in [9.17, 15) is 27.9 Å². The number of rotatable bonds is 7. The van der Waals surface area contributed by atoms with E-state index < -0.39 is 29.7 Å². The van der Waals surface area contributed by atoms with Gasteiger partial charge in [-0.1, -0.05) is 66.7 Å². The van der Waals surface area contributed by atoms with Gasteiger partial charge in [-0.25, -0.2) is 4.79 Å². The lowest BCUT2D eigenvalue weighted by atomic mass is 10.0. The summed E-state index contributed by atoms with van der Waals surface area (Å²) in [5, 5.41) is 11.9. The van der Waals surface area contributed by atoms with Gasteiger partial charge in [0.15, 0.2) is 0 Å². The van der Waals surface area contributed by atoms with Crippen LogP contribution in [0.2, 0.25) is 0 Å². The molecule has 3 aromatic carbocycles. The highest BCUT2D eigenvalue weighted by Crippen LogP contribution is 2.29. The van der Waals surface area contributed by atoms with Crippen molar-refractivity contribution in [3.63, 3.8) is 0 Å². The van der Waals surface area contributed by atoms with E-state index in [-0.39, 0.29) is 12.8 Å². The molecule has 0 spiro atoms. The third-order valence-corrected chi connectivity index (χ3v) is 4.78. The first kappa shape index (κ1) is 22.1. The average molecular weight is 427 g/mol. The number of amides is 1. The Bertz CT molecular complexity index is 1030. The van der Waals surface area contributed by atoms with Crippen molar-refractivity contribution in [2.24, 2.45) is 0 Å². The fourth-order valence-electron chi connectivity index (χ4n) is 3.14. The SMILES string of the molecule is O=C(Cc1ccc(C(F)(F)F)cc1)N[C@@H](Cc1ccc(-c2ccccc2)cc1)C(=O)O. The third kappa shape index (κ3) is 6.18. The second kappa shape index (κ2) is 9.47. The Morgan fingerprint density at radius 1 is 0.806 bits per heavy atom. The van der Waals surface area contributed by atoms with Crippen molar-refractivity contribution >= 4 is 11.9 Å². The number of aliphatic carboxylic acids is 1. The lowest BCUT2D eigenvalue weighted by Gasteiger charge is -2.15. The molecule has 1 atom stereocenters. The lowest BCUT2D eigenvalue weighted by Crippen LogP contribution is -2.43. The fourth-order valence-corrected chi connectivity index (χ4v) is 3.14. The maximum absolute atomic E-state index is 12.6. The number of hydrogen-bond donors (Lipinski definition) is 2. The highest BCUT2D eigenvalue weighted by Gasteiger charge is 2.30. The maximum atomic E-state index is 12.6. The summed E-state index contributed by atoms with van der Waals surface area (Å²) in [5.41, 5.74) is 2.32. The van der Waals surface area contributed by atoms with Crippen LogP contribution >= 0.6 is 0 Å². The lowest BCUT2D eigenvalue weighted by molar-refractivity contribution is -0.141. The zero-order valence-electron chi connectivity index (χ0n) is 16.4. The van der Waals surface area contributed by atoms with Crippen molar-refractivity contribution in [1.29, 1.82) is 0 Å². The van der Waals surface area contributed by atoms with E-state index in [0.29, 0.717) is 5.56 Å². The van der Waals surface area contributed by atoms with Gasteiger partial charge in [-0.3, -0.25) is 4.79 Å². The van der Waals surface area contributed by atoms with Crippen LogP contribution in [-0.4, -0.2) is 23.0 Å². The van der Waals surface area contributed by atoms with E-state index >= 15 is 0 Å². The van der Waals surface area contributed by atoms with Gasteiger partial charge in [0.25, 0.3) is 0 Å². The second-order valence-electron chi connectivity index (χ2n) is 7.10. The molecule has 0 aliphatic heterocycles. The van der Waals surface area contributed by atoms with E-state index in [2.05, 4.69) is 5.32 Å². The first-order valence-corrected chi connectivity index (χ1v) is 9.55. The minimum atomic E-state index is -4.45. The van der Waals surface area contributed by atoms with E-state index in [4.69, 9.17) is 0 Å². The molecule has 1 amide bonds. The number of carboxylic acids is 1. The molecule has 3 aromatic rings. The first-order valence-electron chi connectivity index (χ1n) is 9.55. The molecule has 0 fully saturated rings. The molecule has 3 rings (SSSR count). The summed E-state index contributed by atoms with van der Waals surface area (Å²) in [5.74, 6) is -1.76. The largest absolute Gasteiger partial charge is 0.480 e. The fraction of sp³-hybridized carbons (Fsp3) is 0.167. The third-order valence-electron chi connectivity index (χ3n) is 4.78. The van der Waals surface area contributed by atoms with Crippen LogP contribution in [0.25, 0.3) is 11.1 Å². The number of carboxylic acid groups (broad SMARTS) is 1. The summed E-state index contributed by atoms with van der Waals surface area (Å²) in [7, 11) is 0. The van der Waals surface area contributed by atoms with E-state index in [1.165, 1.54) is 12.1 Å². The van der Waals surface area contributed by atoms with Crippen LogP contribution in [0.1, 0.15) is 16.7 Å². The molecule has 2 N–H and O–H groups in total. The monoisotopic (exact) mass is 427 g/mol. The molecular formula is C24H20F3NO3. The van der Waals surface area contributed by atoms with Gasteiger partial charge in [-0.05, 0) is 34.4 Å². The number of halogens is 3. The normalized spacial score (nSPS) is 12.2. The predicted octanol–water partition coefficient (Wildman–Crippen LogP) is 4.73. The number of nitrogens with one attached hydrogen (secondary N) is 1. The van der Waals surface area contributed by atoms with Crippen LogP contribution in [-0.2, 0) is 28.6 Å². The molecule has 4 nitrogen and oxygen atoms in total. The number of benzene rings is 3. The highest BCUT2D eigenvalue weighted by atomic mass is 19.4. The Balaban J connectivity index is 1.62. The van der Waals surface area contributed by atoms with Crippen LogP contribution in [0.3, 0.4) is 0 Å². The summed E-state index contributed by atoms with van der Waals surface area (Å²) < 4.78 is 37.9. The minimum absolute atomic E-state index is 0.0865. The Kier molecular flexibility index (Phi) is 6.74. The molecule has 0 bridgehead atoms. The standard InChI is InChI=1S/C24H20F3NO3/c25-24(26,27)20-12-8-17(9-13-20)15-22(29)28-21(23(30)31)14-16-6-10-19(11-7-16)18-4-2-1-3-5-18/h1-13,21H,14-15H2,(H,28,29)(H,30,31)/t21-/m0/s1. The predicted molar refractivity (Wildman–Crippen MR) is 110 cm³/mol. The highest BCUT2D eigenvalue weighted by molar-refractivity contribution is 5.85. The van der Waals surface area contributed by atoms with Crippen molar-refractivity contribution in [3.8, 4) is 11.1 Å². The van der Waals surface area contributed by atoms with Gasteiger partial charge >= 0.3 is 12.1 Å². The van der Waals surface area contributed by atoms with Gasteiger partial charge in [0, 0.05) is 6.42 Å². The molecule has 0 saturated carbocycles. The molecule has 0 aromatic heterocycles. The zero-order chi connectivity index (χ0) is 22.4. The molecule has 160 valence electrons. The quantitative estimate of drug-likeness (QED) is 0.573. The molecule has 0 unspecified atom stereocenters. The number of hydrogen-bond acceptors (Lipinski definition) is 2. The van der Waals surface area contributed by atoms with Crippen molar-refractivity contribution in [3.05, 3.63) is 95.6 Å². The van der Waals surface area contributed by atoms with Crippen LogP contribution in [0.4, 0.5) is 13.2 Å². The van der Waals surface area contributed by atoms with E-state index in [0.717, 1.165) is 28.8 Å². The summed E-state index contributed by atoms with van der Waals surface area (Å²) >= 11 is 0. The summed E-state index contributed by atoms with van der Waals surface area (Å²) in [6, 6.07) is 20.1. The molecule has 0 aliphatic rings. The Hall–Kier alpha value is -3.61. The number of carbonyl (C=O) groups is 2. The molecule has 7 heteroatoms. The molecule has 0 saturated heterocycles. The Morgan fingerprint density at radius 2 is 1.35 bits per heavy atom. The van der Waals surface area contributed by atoms with Gasteiger partial charge in [-0.2, -0.15) is 13.2 Å². The first-order chi connectivity index (χ1) is 14.7. The second-order valence-corrected chi connectivity index (χ2v) is 7.10. The van der Waals surface area contributed by atoms with Gasteiger partial charge in [0.2, 0.25) is 5.91 Å². The van der Waals surface area contributed by atoms with E-state index in [1.807, 2.05) is 42.5 Å². The summed E-state index contributed by atoms with van der Waals surface area (Å²) in [6.07, 6.45) is -4.58. The topological polar surface area (TPSA) is 66.4 Å². The van der Waals surface area contributed by atoms with Gasteiger partial charge in [0.05, 0.1) is 12.0 Å². The summed E-state index contributed by atoms with van der Waals surface area (Å²) in [4.78, 5) is 23.8. The van der Waals surface area contributed by atoms with Crippen LogP contribution in [0, 0.1) is 0 Å². The Labute approximate surface area is 177 Å². The van der Waals surface area contributed by atoms with Crippen molar-refractivity contribution < 1.29 is 27.9 Å². The molecule has 31 heavy (non-hydrogen) atoms. The molecule has 0 radical (unpaired) electrons. The van der Waals surface area contributed by atoms with Gasteiger partial charge in [0.1, 0.15) is 6.04 Å². The van der Waals surface area contributed by atoms with Crippen molar-refractivity contribution in [1.82, 2.24) is 5.32 Å². The van der Waals surface area contributed by atoms with Gasteiger partial charge in [-0.15, -0.1) is 0 Å². The van der Waals surface area contributed by atoms with Crippen LogP contribution in [0.15, 0.2) is 78.9 Å². The molecular weight excluding hydrogens is 407 g/mol. The minimum Gasteiger partial charge on any atom is -0.480 e. The van der Waals surface area contributed by atoms with Gasteiger partial charge < -0.3 is 10.4 Å².